The van der Waals surface area contributed by atoms with Crippen LogP contribution in [0.15, 0.2) is 95.9 Å². The number of carbonyl (C=O) groups is 2. The Bertz CT molecular complexity index is 1400. The quantitative estimate of drug-likeness (QED) is 0.443. The fourth-order valence-corrected chi connectivity index (χ4v) is 4.69. The predicted molar refractivity (Wildman–Crippen MR) is 122 cm³/mol. The molecular weight excluding hydrogens is 421 g/mol. The van der Waals surface area contributed by atoms with Crippen LogP contribution in [0.2, 0.25) is 0 Å². The van der Waals surface area contributed by atoms with Crippen LogP contribution in [-0.2, 0) is 10.3 Å². The molecule has 0 saturated heterocycles. The predicted octanol–water partition coefficient (Wildman–Crippen LogP) is 4.07. The summed E-state index contributed by atoms with van der Waals surface area (Å²) in [6.07, 6.45) is 1.42. The van der Waals surface area contributed by atoms with Crippen LogP contribution in [0.5, 0.6) is 0 Å². The molecule has 164 valence electrons. The van der Waals surface area contributed by atoms with Gasteiger partial charge in [-0.2, -0.15) is 0 Å². The summed E-state index contributed by atoms with van der Waals surface area (Å²) in [5.74, 6) is -1.89. The molecule has 0 bridgehead atoms. The molecule has 2 atom stereocenters. The maximum absolute atomic E-state index is 14.5. The first-order chi connectivity index (χ1) is 16.0. The summed E-state index contributed by atoms with van der Waals surface area (Å²) in [4.78, 5) is 39.2. The standard InChI is InChI=1S/C26H20FN3O3/c27-19-11-12-22-21(15-19)26(25(33)28-22,30-14-13-24(32)29-30)20(17-7-3-1-4-8-17)16-23(31)18-9-5-2-6-10-18/h1-15,20H,16H2,(H,28,33)(H,29,32)/t20-,26-/m0/s1. The molecule has 7 heteroatoms. The van der Waals surface area contributed by atoms with Crippen molar-refractivity contribution >= 4 is 17.4 Å². The van der Waals surface area contributed by atoms with Gasteiger partial charge in [0.05, 0.1) is 0 Å². The minimum Gasteiger partial charge on any atom is -0.323 e. The van der Waals surface area contributed by atoms with Crippen molar-refractivity contribution in [2.45, 2.75) is 17.9 Å². The molecule has 0 aliphatic carbocycles. The first-order valence-corrected chi connectivity index (χ1v) is 10.5. The molecule has 6 nitrogen and oxygen atoms in total. The number of amides is 1. The molecule has 0 unspecified atom stereocenters. The maximum Gasteiger partial charge on any atom is 0.264 e. The lowest BCUT2D eigenvalue weighted by molar-refractivity contribution is -0.123. The number of aromatic nitrogens is 2. The number of nitrogens with one attached hydrogen (secondary N) is 2. The van der Waals surface area contributed by atoms with E-state index in [1.165, 1.54) is 35.1 Å². The van der Waals surface area contributed by atoms with E-state index in [0.717, 1.165) is 0 Å². The van der Waals surface area contributed by atoms with Crippen molar-refractivity contribution in [1.82, 2.24) is 9.78 Å². The van der Waals surface area contributed by atoms with Crippen LogP contribution in [-0.4, -0.2) is 21.5 Å². The Morgan fingerprint density at radius 1 is 0.939 bits per heavy atom. The van der Waals surface area contributed by atoms with E-state index in [2.05, 4.69) is 10.4 Å². The van der Waals surface area contributed by atoms with Crippen molar-refractivity contribution in [2.24, 2.45) is 0 Å². The van der Waals surface area contributed by atoms with E-state index in [-0.39, 0.29) is 12.2 Å². The van der Waals surface area contributed by atoms with Crippen LogP contribution in [0.3, 0.4) is 0 Å². The molecule has 1 aliphatic heterocycles. The fraction of sp³-hybridized carbons (Fsp3) is 0.115. The molecule has 2 heterocycles. The Balaban J connectivity index is 1.77. The normalized spacial score (nSPS) is 17.9. The number of fused-ring (bicyclic) bond motifs is 1. The number of Topliss-reactive ketones (excluding diaryl/α,β-unsaturated/α-hetero) is 1. The van der Waals surface area contributed by atoms with E-state index in [9.17, 15) is 18.8 Å². The summed E-state index contributed by atoms with van der Waals surface area (Å²) in [6, 6.07) is 23.3. The number of anilines is 1. The van der Waals surface area contributed by atoms with Gasteiger partial charge in [-0.3, -0.25) is 24.2 Å². The van der Waals surface area contributed by atoms with Crippen LogP contribution < -0.4 is 10.9 Å². The number of carbonyl (C=O) groups excluding carboxylic acids is 2. The van der Waals surface area contributed by atoms with Crippen LogP contribution in [0.4, 0.5) is 10.1 Å². The van der Waals surface area contributed by atoms with Crippen molar-refractivity contribution in [3.8, 4) is 0 Å². The molecule has 4 aromatic rings. The van der Waals surface area contributed by atoms with Gasteiger partial charge < -0.3 is 5.32 Å². The van der Waals surface area contributed by atoms with Crippen molar-refractivity contribution in [3.63, 3.8) is 0 Å². The van der Waals surface area contributed by atoms with Gasteiger partial charge in [0, 0.05) is 41.4 Å². The van der Waals surface area contributed by atoms with Crippen LogP contribution in [0.25, 0.3) is 0 Å². The Kier molecular flexibility index (Phi) is 5.01. The number of halogens is 1. The van der Waals surface area contributed by atoms with Gasteiger partial charge in [-0.25, -0.2) is 4.39 Å². The third-order valence-electron chi connectivity index (χ3n) is 6.16. The highest BCUT2D eigenvalue weighted by molar-refractivity contribution is 6.08. The van der Waals surface area contributed by atoms with Gasteiger partial charge in [0.1, 0.15) is 5.82 Å². The SMILES string of the molecule is O=C(C[C@@H](c1ccccc1)[C@@]1(n2ccc(=O)[nH]2)C(=O)Nc2ccc(F)cc21)c1ccccc1. The highest BCUT2D eigenvalue weighted by Crippen LogP contribution is 2.49. The zero-order chi connectivity index (χ0) is 23.0. The third-order valence-corrected chi connectivity index (χ3v) is 6.16. The summed E-state index contributed by atoms with van der Waals surface area (Å²) in [7, 11) is 0. The molecule has 33 heavy (non-hydrogen) atoms. The number of rotatable bonds is 6. The first-order valence-electron chi connectivity index (χ1n) is 10.5. The molecule has 0 spiro atoms. The molecule has 1 amide bonds. The smallest absolute Gasteiger partial charge is 0.264 e. The van der Waals surface area contributed by atoms with Gasteiger partial charge in [-0.1, -0.05) is 60.7 Å². The van der Waals surface area contributed by atoms with Gasteiger partial charge >= 0.3 is 0 Å². The van der Waals surface area contributed by atoms with Crippen molar-refractivity contribution < 1.29 is 14.0 Å². The molecule has 0 saturated carbocycles. The van der Waals surface area contributed by atoms with Crippen molar-refractivity contribution in [1.29, 1.82) is 0 Å². The van der Waals surface area contributed by atoms with Crippen LogP contribution in [0.1, 0.15) is 33.8 Å². The van der Waals surface area contributed by atoms with E-state index >= 15 is 0 Å². The average Bonchev–Trinajstić information content (AvgIpc) is 3.39. The molecule has 1 aliphatic rings. The summed E-state index contributed by atoms with van der Waals surface area (Å²) in [6.45, 7) is 0. The topological polar surface area (TPSA) is 84.0 Å². The zero-order valence-electron chi connectivity index (χ0n) is 17.5. The summed E-state index contributed by atoms with van der Waals surface area (Å²) >= 11 is 0. The third kappa shape index (κ3) is 3.38. The second-order valence-electron chi connectivity index (χ2n) is 8.03. The largest absolute Gasteiger partial charge is 0.323 e. The zero-order valence-corrected chi connectivity index (χ0v) is 17.5. The molecule has 5 rings (SSSR count). The minimum absolute atomic E-state index is 0.0440. The lowest BCUT2D eigenvalue weighted by atomic mass is 9.72. The summed E-state index contributed by atoms with van der Waals surface area (Å²) < 4.78 is 15.9. The molecule has 0 fully saturated rings. The average molecular weight is 441 g/mol. The van der Waals surface area contributed by atoms with Gasteiger partial charge in [0.25, 0.3) is 11.5 Å². The second-order valence-corrected chi connectivity index (χ2v) is 8.03. The second kappa shape index (κ2) is 8.02. The van der Waals surface area contributed by atoms with Crippen molar-refractivity contribution in [2.75, 3.05) is 5.32 Å². The van der Waals surface area contributed by atoms with E-state index < -0.39 is 28.7 Å². The van der Waals surface area contributed by atoms with E-state index in [1.807, 2.05) is 36.4 Å². The molecule has 3 aromatic carbocycles. The van der Waals surface area contributed by atoms with E-state index in [0.29, 0.717) is 22.4 Å². The Morgan fingerprint density at radius 3 is 2.30 bits per heavy atom. The van der Waals surface area contributed by atoms with Crippen molar-refractivity contribution in [3.05, 3.63) is 124 Å². The van der Waals surface area contributed by atoms with Crippen LogP contribution >= 0.6 is 0 Å². The Labute approximate surface area is 188 Å². The fourth-order valence-electron chi connectivity index (χ4n) is 4.69. The first kappa shape index (κ1) is 20.6. The molecule has 1 aromatic heterocycles. The number of ketones is 1. The molecule has 2 N–H and O–H groups in total. The van der Waals surface area contributed by atoms with Gasteiger partial charge in [-0.05, 0) is 23.8 Å². The molecular formula is C26H20FN3O3. The van der Waals surface area contributed by atoms with Gasteiger partial charge in [-0.15, -0.1) is 0 Å². The number of benzene rings is 3. The number of aromatic amines is 1. The summed E-state index contributed by atoms with van der Waals surface area (Å²) in [5, 5.41) is 5.51. The summed E-state index contributed by atoms with van der Waals surface area (Å²) in [5.41, 5.74) is 0.0219. The number of H-pyrrole nitrogens is 1. The van der Waals surface area contributed by atoms with E-state index in [1.54, 1.807) is 24.3 Å². The molecule has 0 radical (unpaired) electrons. The van der Waals surface area contributed by atoms with Gasteiger partial charge in [0.2, 0.25) is 0 Å². The lowest BCUT2D eigenvalue weighted by Crippen LogP contribution is -2.48. The minimum atomic E-state index is -1.58. The number of nitrogens with zero attached hydrogens (tertiary/aromatic N) is 1. The van der Waals surface area contributed by atoms with Gasteiger partial charge in [0.15, 0.2) is 11.3 Å². The number of hydrogen-bond acceptors (Lipinski definition) is 3. The van der Waals surface area contributed by atoms with E-state index in [4.69, 9.17) is 0 Å². The Hall–Kier alpha value is -4.26. The maximum atomic E-state index is 14.5. The lowest BCUT2D eigenvalue weighted by Gasteiger charge is -2.37. The van der Waals surface area contributed by atoms with Crippen LogP contribution in [0, 0.1) is 5.82 Å². The Morgan fingerprint density at radius 2 is 1.64 bits per heavy atom. The monoisotopic (exact) mass is 441 g/mol. The number of hydrogen-bond donors (Lipinski definition) is 2. The highest BCUT2D eigenvalue weighted by atomic mass is 19.1. The highest BCUT2D eigenvalue weighted by Gasteiger charge is 2.55.